The third-order valence-corrected chi connectivity index (χ3v) is 4.13. The van der Waals surface area contributed by atoms with Crippen LogP contribution in [0.4, 0.5) is 0 Å². The maximum atomic E-state index is 11.8. The van der Waals surface area contributed by atoms with Gasteiger partial charge in [-0.05, 0) is 31.9 Å². The van der Waals surface area contributed by atoms with E-state index in [1.807, 2.05) is 18.2 Å². The number of ether oxygens (including phenoxy) is 1. The Labute approximate surface area is 132 Å². The van der Waals surface area contributed by atoms with Crippen molar-refractivity contribution in [3.05, 3.63) is 35.9 Å². The minimum atomic E-state index is -0.391. The summed E-state index contributed by atoms with van der Waals surface area (Å²) in [6, 6.07) is 10.5. The van der Waals surface area contributed by atoms with Gasteiger partial charge in [0.2, 0.25) is 0 Å². The number of nitrogens with zero attached hydrogens (tertiary/aromatic N) is 1. The molecular formula is C17H25N3O2. The molecule has 0 aliphatic heterocycles. The van der Waals surface area contributed by atoms with E-state index in [0.717, 1.165) is 32.2 Å². The summed E-state index contributed by atoms with van der Waals surface area (Å²) in [6.07, 6.45) is 3.92. The van der Waals surface area contributed by atoms with Crippen molar-refractivity contribution in [2.45, 2.75) is 50.8 Å². The van der Waals surface area contributed by atoms with Crippen molar-refractivity contribution in [2.75, 3.05) is 7.05 Å². The highest BCUT2D eigenvalue weighted by Gasteiger charge is 2.31. The Hall–Kier alpha value is -1.88. The second kappa shape index (κ2) is 7.94. The van der Waals surface area contributed by atoms with E-state index in [4.69, 9.17) is 15.9 Å². The van der Waals surface area contributed by atoms with Gasteiger partial charge in [0.05, 0.1) is 0 Å². The van der Waals surface area contributed by atoms with Crippen LogP contribution in [-0.4, -0.2) is 35.9 Å². The van der Waals surface area contributed by atoms with Crippen LogP contribution >= 0.6 is 0 Å². The Morgan fingerprint density at radius 3 is 2.68 bits per heavy atom. The predicted octanol–water partition coefficient (Wildman–Crippen LogP) is 2.30. The summed E-state index contributed by atoms with van der Waals surface area (Å²) in [4.78, 5) is 14.1. The minimum Gasteiger partial charge on any atom is -0.460 e. The van der Waals surface area contributed by atoms with Crippen LogP contribution in [0.1, 0.15) is 37.7 Å². The second-order valence-corrected chi connectivity index (χ2v) is 5.98. The maximum absolute atomic E-state index is 11.8. The van der Waals surface area contributed by atoms with Crippen LogP contribution in [0.25, 0.3) is 0 Å². The van der Waals surface area contributed by atoms with E-state index in [-0.39, 0.29) is 24.4 Å². The first-order valence-electron chi connectivity index (χ1n) is 7.83. The smallest absolute Gasteiger partial charge is 0.313 e. The number of nitrogens with one attached hydrogen (secondary N) is 1. The van der Waals surface area contributed by atoms with Gasteiger partial charge in [0.25, 0.3) is 0 Å². The van der Waals surface area contributed by atoms with Gasteiger partial charge >= 0.3 is 5.97 Å². The zero-order valence-electron chi connectivity index (χ0n) is 13.1. The van der Waals surface area contributed by atoms with E-state index in [9.17, 15) is 4.79 Å². The molecule has 1 aromatic rings. The van der Waals surface area contributed by atoms with Crippen molar-refractivity contribution in [1.82, 2.24) is 4.90 Å². The van der Waals surface area contributed by atoms with Crippen LogP contribution in [-0.2, 0) is 16.1 Å². The highest BCUT2D eigenvalue weighted by Crippen LogP contribution is 2.26. The third-order valence-electron chi connectivity index (χ3n) is 4.13. The first kappa shape index (κ1) is 16.5. The number of carbonyl (C=O) groups is 1. The molecule has 3 N–H and O–H groups in total. The lowest BCUT2D eigenvalue weighted by atomic mass is 9.91. The number of nitrogens with two attached hydrogens (primary N) is 1. The molecule has 0 aromatic heterocycles. The summed E-state index contributed by atoms with van der Waals surface area (Å²) >= 11 is 0. The number of likely N-dealkylation sites (N-methyl/N-ethyl adjacent to an activating group) is 1. The lowest BCUT2D eigenvalue weighted by molar-refractivity contribution is -0.153. The van der Waals surface area contributed by atoms with E-state index in [0.29, 0.717) is 0 Å². The lowest BCUT2D eigenvalue weighted by Crippen LogP contribution is -2.45. The van der Waals surface area contributed by atoms with Gasteiger partial charge < -0.3 is 10.5 Å². The first-order valence-corrected chi connectivity index (χ1v) is 7.83. The van der Waals surface area contributed by atoms with Gasteiger partial charge in [-0.1, -0.05) is 36.8 Å². The van der Waals surface area contributed by atoms with Crippen molar-refractivity contribution in [3.8, 4) is 0 Å². The number of benzene rings is 1. The number of hydrogen-bond donors (Lipinski definition) is 2. The molecule has 5 nitrogen and oxygen atoms in total. The summed E-state index contributed by atoms with van der Waals surface area (Å²) < 4.78 is 5.57. The summed E-state index contributed by atoms with van der Waals surface area (Å²) in [5, 5.41) is 7.19. The Balaban J connectivity index is 1.96. The van der Waals surface area contributed by atoms with Crippen LogP contribution in [0.2, 0.25) is 0 Å². The van der Waals surface area contributed by atoms with Crippen LogP contribution < -0.4 is 5.73 Å². The Bertz CT molecular complexity index is 504. The largest absolute Gasteiger partial charge is 0.460 e. The Morgan fingerprint density at radius 1 is 1.32 bits per heavy atom. The van der Waals surface area contributed by atoms with Crippen LogP contribution in [0.15, 0.2) is 30.3 Å². The molecule has 2 unspecified atom stereocenters. The number of esters is 1. The van der Waals surface area contributed by atoms with Crippen LogP contribution in [0, 0.1) is 5.41 Å². The fraction of sp³-hybridized carbons (Fsp3) is 0.529. The van der Waals surface area contributed by atoms with Gasteiger partial charge in [-0.2, -0.15) is 0 Å². The quantitative estimate of drug-likeness (QED) is 0.480. The zero-order chi connectivity index (χ0) is 15.9. The molecule has 0 saturated heterocycles. The molecule has 0 amide bonds. The monoisotopic (exact) mass is 303 g/mol. The predicted molar refractivity (Wildman–Crippen MR) is 86.6 cm³/mol. The summed E-state index contributed by atoms with van der Waals surface area (Å²) in [5.74, 6) is -0.535. The van der Waals surface area contributed by atoms with Gasteiger partial charge in [0, 0.05) is 12.6 Å². The minimum absolute atomic E-state index is 0.102. The van der Waals surface area contributed by atoms with Crippen molar-refractivity contribution >= 4 is 11.8 Å². The lowest BCUT2D eigenvalue weighted by Gasteiger charge is -2.37. The topological polar surface area (TPSA) is 79.4 Å². The molecule has 120 valence electrons. The molecule has 0 bridgehead atoms. The molecule has 2 atom stereocenters. The summed E-state index contributed by atoms with van der Waals surface area (Å²) in [5.41, 5.74) is 6.52. The molecule has 0 radical (unpaired) electrons. The average Bonchev–Trinajstić information content (AvgIpc) is 2.47. The molecule has 1 aromatic carbocycles. The van der Waals surface area contributed by atoms with E-state index in [2.05, 4.69) is 24.1 Å². The number of amidine groups is 1. The summed E-state index contributed by atoms with van der Waals surface area (Å²) in [6.45, 7) is 0.840. The summed E-state index contributed by atoms with van der Waals surface area (Å²) in [7, 11) is 2.08. The Kier molecular flexibility index (Phi) is 5.95. The SMILES string of the molecule is CN(Cc1ccccc1)C1CCCCC1OC(=O)CC(=N)N. The Morgan fingerprint density at radius 2 is 2.00 bits per heavy atom. The standard InChI is InChI=1S/C17H25N3O2/c1-20(12-13-7-3-2-4-8-13)14-9-5-6-10-15(14)22-17(21)11-16(18)19/h2-4,7-8,14-15H,5-6,9-12H2,1H3,(H3,18,19). The van der Waals surface area contributed by atoms with Gasteiger partial charge in [0.15, 0.2) is 0 Å². The highest BCUT2D eigenvalue weighted by atomic mass is 16.5. The molecule has 0 heterocycles. The molecule has 1 aliphatic rings. The maximum Gasteiger partial charge on any atom is 0.313 e. The van der Waals surface area contributed by atoms with Crippen molar-refractivity contribution < 1.29 is 9.53 Å². The molecule has 0 spiro atoms. The average molecular weight is 303 g/mol. The zero-order valence-corrected chi connectivity index (χ0v) is 13.1. The van der Waals surface area contributed by atoms with E-state index in [1.165, 1.54) is 5.56 Å². The molecular weight excluding hydrogens is 278 g/mol. The van der Waals surface area contributed by atoms with Crippen molar-refractivity contribution in [2.24, 2.45) is 5.73 Å². The highest BCUT2D eigenvalue weighted by molar-refractivity contribution is 5.94. The fourth-order valence-corrected chi connectivity index (χ4v) is 3.07. The van der Waals surface area contributed by atoms with Crippen LogP contribution in [0.5, 0.6) is 0 Å². The molecule has 1 fully saturated rings. The van der Waals surface area contributed by atoms with Crippen molar-refractivity contribution in [3.63, 3.8) is 0 Å². The normalized spacial score (nSPS) is 21.5. The second-order valence-electron chi connectivity index (χ2n) is 5.98. The van der Waals surface area contributed by atoms with Crippen LogP contribution in [0.3, 0.4) is 0 Å². The molecule has 22 heavy (non-hydrogen) atoms. The van der Waals surface area contributed by atoms with E-state index in [1.54, 1.807) is 0 Å². The number of rotatable bonds is 6. The molecule has 2 rings (SSSR count). The fourth-order valence-electron chi connectivity index (χ4n) is 3.07. The van der Waals surface area contributed by atoms with Gasteiger partial charge in [-0.15, -0.1) is 0 Å². The van der Waals surface area contributed by atoms with E-state index < -0.39 is 5.97 Å². The third kappa shape index (κ3) is 4.84. The number of hydrogen-bond acceptors (Lipinski definition) is 4. The van der Waals surface area contributed by atoms with Gasteiger partial charge in [-0.3, -0.25) is 15.1 Å². The van der Waals surface area contributed by atoms with Gasteiger partial charge in [0.1, 0.15) is 18.4 Å². The number of carbonyl (C=O) groups excluding carboxylic acids is 1. The molecule has 5 heteroatoms. The van der Waals surface area contributed by atoms with Crippen molar-refractivity contribution in [1.29, 1.82) is 5.41 Å². The molecule has 1 aliphatic carbocycles. The molecule has 1 saturated carbocycles. The first-order chi connectivity index (χ1) is 10.6. The van der Waals surface area contributed by atoms with Gasteiger partial charge in [-0.25, -0.2) is 0 Å². The van der Waals surface area contributed by atoms with E-state index >= 15 is 0 Å².